The summed E-state index contributed by atoms with van der Waals surface area (Å²) in [7, 11) is -5.35. The zero-order chi connectivity index (χ0) is 22.3. The zero-order valence-electron chi connectivity index (χ0n) is 18.5. The average molecular weight is 501 g/mol. The summed E-state index contributed by atoms with van der Waals surface area (Å²) in [4.78, 5) is 0.265. The van der Waals surface area contributed by atoms with Gasteiger partial charge in [0.2, 0.25) is 10.0 Å². The molecule has 162 valence electrons. The maximum Gasteiger partial charge on any atom is 0.244 e. The summed E-state index contributed by atoms with van der Waals surface area (Å²) in [5.74, 6) is 6.08. The van der Waals surface area contributed by atoms with Crippen molar-refractivity contribution < 1.29 is 12.8 Å². The summed E-state index contributed by atoms with van der Waals surface area (Å²) in [5.41, 5.74) is 1.01. The Labute approximate surface area is 187 Å². The van der Waals surface area contributed by atoms with E-state index < -0.39 is 18.3 Å². The van der Waals surface area contributed by atoms with E-state index >= 15 is 0 Å². The van der Waals surface area contributed by atoms with Crippen LogP contribution in [0.25, 0.3) is 0 Å². The molecule has 0 amide bonds. The van der Waals surface area contributed by atoms with Crippen molar-refractivity contribution in [1.29, 1.82) is 0 Å². The molecule has 0 aliphatic carbocycles. The molecule has 1 aromatic rings. The number of nitrogens with zero attached hydrogens (tertiary/aromatic N) is 1. The van der Waals surface area contributed by atoms with E-state index in [-0.39, 0.29) is 23.0 Å². The molecule has 0 spiro atoms. The van der Waals surface area contributed by atoms with Gasteiger partial charge >= 0.3 is 0 Å². The van der Waals surface area contributed by atoms with Crippen molar-refractivity contribution in [3.63, 3.8) is 0 Å². The molecule has 1 rings (SSSR count). The SMILES string of the molecule is C=C(Br)CN(CC#CCCCO[Si](C)(C)C(C)(C)C)S(=O)(=O)c1ccc(C)cc1. The van der Waals surface area contributed by atoms with Crippen LogP contribution in [0.3, 0.4) is 0 Å². The highest BCUT2D eigenvalue weighted by Crippen LogP contribution is 2.36. The summed E-state index contributed by atoms with van der Waals surface area (Å²) in [6.45, 7) is 17.8. The summed E-state index contributed by atoms with van der Waals surface area (Å²) >= 11 is 3.27. The molecule has 0 atom stereocenters. The van der Waals surface area contributed by atoms with E-state index in [2.05, 4.69) is 68.2 Å². The summed E-state index contributed by atoms with van der Waals surface area (Å²) in [6.07, 6.45) is 1.53. The maximum atomic E-state index is 12.9. The Morgan fingerprint density at radius 3 is 2.31 bits per heavy atom. The summed E-state index contributed by atoms with van der Waals surface area (Å²) in [5, 5.41) is 0.196. The van der Waals surface area contributed by atoms with Crippen LogP contribution < -0.4 is 0 Å². The smallest absolute Gasteiger partial charge is 0.244 e. The third-order valence-corrected chi connectivity index (χ3v) is 11.7. The Balaban J connectivity index is 2.68. The lowest BCUT2D eigenvalue weighted by Gasteiger charge is -2.36. The van der Waals surface area contributed by atoms with Gasteiger partial charge in [0.25, 0.3) is 0 Å². The molecular formula is C22H34BrNO3SSi. The lowest BCUT2D eigenvalue weighted by atomic mass is 10.2. The number of hydrogen-bond acceptors (Lipinski definition) is 3. The van der Waals surface area contributed by atoms with Gasteiger partial charge in [0, 0.05) is 24.1 Å². The van der Waals surface area contributed by atoms with Crippen molar-refractivity contribution >= 4 is 34.3 Å². The molecule has 0 saturated carbocycles. The highest BCUT2D eigenvalue weighted by molar-refractivity contribution is 9.11. The van der Waals surface area contributed by atoms with Gasteiger partial charge in [-0.2, -0.15) is 4.31 Å². The van der Waals surface area contributed by atoms with Crippen molar-refractivity contribution in [2.75, 3.05) is 19.7 Å². The van der Waals surface area contributed by atoms with Crippen LogP contribution in [0, 0.1) is 18.8 Å². The van der Waals surface area contributed by atoms with E-state index in [1.165, 1.54) is 4.31 Å². The molecule has 0 N–H and O–H groups in total. The van der Waals surface area contributed by atoms with Crippen molar-refractivity contribution in [2.24, 2.45) is 0 Å². The van der Waals surface area contributed by atoms with Gasteiger partial charge in [-0.05, 0) is 43.6 Å². The molecule has 0 aliphatic heterocycles. The first-order valence-electron chi connectivity index (χ1n) is 9.77. The van der Waals surface area contributed by atoms with Crippen LogP contribution in [0.5, 0.6) is 0 Å². The fraction of sp³-hybridized carbons (Fsp3) is 0.545. The Morgan fingerprint density at radius 2 is 1.79 bits per heavy atom. The van der Waals surface area contributed by atoms with E-state index in [1.807, 2.05) is 6.92 Å². The van der Waals surface area contributed by atoms with Crippen LogP contribution in [0.2, 0.25) is 18.1 Å². The van der Waals surface area contributed by atoms with Crippen molar-refractivity contribution in [3.05, 3.63) is 40.9 Å². The lowest BCUT2D eigenvalue weighted by Crippen LogP contribution is -2.40. The lowest BCUT2D eigenvalue weighted by molar-refractivity contribution is 0.284. The van der Waals surface area contributed by atoms with Crippen molar-refractivity contribution in [1.82, 2.24) is 4.31 Å². The van der Waals surface area contributed by atoms with Gasteiger partial charge in [-0.1, -0.05) is 66.9 Å². The van der Waals surface area contributed by atoms with Gasteiger partial charge in [-0.25, -0.2) is 8.42 Å². The first kappa shape index (κ1) is 26.1. The molecule has 0 aromatic heterocycles. The van der Waals surface area contributed by atoms with Crippen LogP contribution in [0.15, 0.2) is 40.2 Å². The molecule has 0 bridgehead atoms. The predicted octanol–water partition coefficient (Wildman–Crippen LogP) is 5.70. The minimum Gasteiger partial charge on any atom is -0.417 e. The zero-order valence-corrected chi connectivity index (χ0v) is 21.9. The fourth-order valence-corrected chi connectivity index (χ4v) is 5.11. The third-order valence-electron chi connectivity index (χ3n) is 5.10. The van der Waals surface area contributed by atoms with Gasteiger partial charge in [0.05, 0.1) is 11.4 Å². The number of sulfonamides is 1. The second-order valence-electron chi connectivity index (χ2n) is 8.67. The third kappa shape index (κ3) is 8.39. The Hall–Kier alpha value is -0.913. The Kier molecular flexibility index (Phi) is 9.84. The maximum absolute atomic E-state index is 12.9. The Morgan fingerprint density at radius 1 is 1.21 bits per heavy atom. The van der Waals surface area contributed by atoms with Crippen LogP contribution >= 0.6 is 15.9 Å². The van der Waals surface area contributed by atoms with Crippen LogP contribution in [-0.2, 0) is 14.4 Å². The standard InChI is InChI=1S/C22H34BrNO3SSi/c1-19-12-14-21(15-13-19)28(25,26)24(18-20(2)23)16-10-8-9-11-17-27-29(6,7)22(3,4)5/h12-15H,2,9,11,16-18H2,1,3-7H3. The minimum atomic E-state index is -3.63. The van der Waals surface area contributed by atoms with Crippen molar-refractivity contribution in [3.8, 4) is 11.8 Å². The normalized spacial score (nSPS) is 12.6. The van der Waals surface area contributed by atoms with E-state index in [4.69, 9.17) is 4.43 Å². The summed E-state index contributed by atoms with van der Waals surface area (Å²) in [6, 6.07) is 6.84. The second-order valence-corrected chi connectivity index (χ2v) is 16.5. The Bertz CT molecular complexity index is 847. The largest absolute Gasteiger partial charge is 0.417 e. The number of aryl methyl sites for hydroxylation is 1. The highest BCUT2D eigenvalue weighted by atomic mass is 79.9. The van der Waals surface area contributed by atoms with Gasteiger partial charge in [-0.15, -0.1) is 5.92 Å². The highest BCUT2D eigenvalue weighted by Gasteiger charge is 2.36. The molecule has 1 aromatic carbocycles. The monoisotopic (exact) mass is 499 g/mol. The van der Waals surface area contributed by atoms with Crippen LogP contribution in [0.4, 0.5) is 0 Å². The topological polar surface area (TPSA) is 46.6 Å². The number of halogens is 1. The molecule has 0 heterocycles. The fourth-order valence-electron chi connectivity index (χ4n) is 2.21. The number of benzene rings is 1. The molecule has 0 saturated heterocycles. The predicted molar refractivity (Wildman–Crippen MR) is 128 cm³/mol. The van der Waals surface area contributed by atoms with Gasteiger partial charge < -0.3 is 4.43 Å². The van der Waals surface area contributed by atoms with Crippen LogP contribution in [0.1, 0.15) is 39.2 Å². The second kappa shape index (κ2) is 10.9. The van der Waals surface area contributed by atoms with E-state index in [0.29, 0.717) is 17.5 Å². The van der Waals surface area contributed by atoms with Gasteiger partial charge in [0.1, 0.15) is 0 Å². The summed E-state index contributed by atoms with van der Waals surface area (Å²) < 4.78 is 33.9. The molecule has 7 heteroatoms. The van der Waals surface area contributed by atoms with E-state index in [0.717, 1.165) is 12.0 Å². The molecule has 0 aliphatic rings. The van der Waals surface area contributed by atoms with Crippen LogP contribution in [-0.4, -0.2) is 40.7 Å². The number of rotatable bonds is 9. The number of hydrogen-bond donors (Lipinski definition) is 0. The molecule has 4 nitrogen and oxygen atoms in total. The molecule has 29 heavy (non-hydrogen) atoms. The quantitative estimate of drug-likeness (QED) is 0.248. The van der Waals surface area contributed by atoms with Crippen molar-refractivity contribution in [2.45, 2.75) is 63.6 Å². The average Bonchev–Trinajstić information content (AvgIpc) is 2.58. The van der Waals surface area contributed by atoms with Gasteiger partial charge in [-0.3, -0.25) is 0 Å². The van der Waals surface area contributed by atoms with E-state index in [9.17, 15) is 8.42 Å². The van der Waals surface area contributed by atoms with Gasteiger partial charge in [0.15, 0.2) is 8.32 Å². The van der Waals surface area contributed by atoms with E-state index in [1.54, 1.807) is 24.3 Å². The molecule has 0 radical (unpaired) electrons. The number of unbranched alkanes of at least 4 members (excludes halogenated alkanes) is 1. The molecular weight excluding hydrogens is 466 g/mol. The molecule has 0 unspecified atom stereocenters. The first-order valence-corrected chi connectivity index (χ1v) is 14.9. The first-order chi connectivity index (χ1) is 13.3. The minimum absolute atomic E-state index is 0.129. The molecule has 0 fully saturated rings.